The third kappa shape index (κ3) is 2.28. The molecule has 1 heterocycles. The van der Waals surface area contributed by atoms with Crippen LogP contribution in [0.5, 0.6) is 0 Å². The van der Waals surface area contributed by atoms with Crippen molar-refractivity contribution in [1.29, 1.82) is 0 Å². The molecule has 0 aliphatic rings. The topological polar surface area (TPSA) is 68.8 Å². The molecule has 0 aliphatic carbocycles. The van der Waals surface area contributed by atoms with E-state index >= 15 is 0 Å². The van der Waals surface area contributed by atoms with Crippen LogP contribution in [0.3, 0.4) is 0 Å². The summed E-state index contributed by atoms with van der Waals surface area (Å²) in [6, 6.07) is 0.224. The molecular weight excluding hydrogens is 154 g/mol. The van der Waals surface area contributed by atoms with Gasteiger partial charge in [0.25, 0.3) is 0 Å². The number of hydrogen-bond donors (Lipinski definition) is 2. The Morgan fingerprint density at radius 3 is 3.00 bits per heavy atom. The van der Waals surface area contributed by atoms with Gasteiger partial charge in [-0.15, -0.1) is 5.10 Å². The monoisotopic (exact) mass is 169 g/mol. The summed E-state index contributed by atoms with van der Waals surface area (Å²) in [5, 5.41) is 11.0. The number of nitrogens with zero attached hydrogens (tertiary/aromatic N) is 3. The molecule has 0 saturated carbocycles. The predicted octanol–water partition coefficient (Wildman–Crippen LogP) is -0.576. The normalized spacial score (nSPS) is 13.2. The van der Waals surface area contributed by atoms with Crippen molar-refractivity contribution in [3.05, 3.63) is 11.9 Å². The van der Waals surface area contributed by atoms with Gasteiger partial charge in [0.1, 0.15) is 0 Å². The Morgan fingerprint density at radius 1 is 1.75 bits per heavy atom. The van der Waals surface area contributed by atoms with Crippen LogP contribution in [0.2, 0.25) is 0 Å². The van der Waals surface area contributed by atoms with E-state index in [4.69, 9.17) is 5.73 Å². The van der Waals surface area contributed by atoms with Crippen LogP contribution in [0.4, 0.5) is 0 Å². The van der Waals surface area contributed by atoms with Gasteiger partial charge in [-0.05, 0) is 6.92 Å². The fourth-order valence-corrected chi connectivity index (χ4v) is 0.968. The van der Waals surface area contributed by atoms with Crippen LogP contribution in [0.1, 0.15) is 18.7 Å². The summed E-state index contributed by atoms with van der Waals surface area (Å²) in [7, 11) is 1.85. The minimum atomic E-state index is 0.224. The van der Waals surface area contributed by atoms with Crippen LogP contribution < -0.4 is 11.1 Å². The standard InChI is InChI=1S/C7H15N5/c1-6(9-4-3-8)7-5-12(2)11-10-7/h5-6,9H,3-4,8H2,1-2H3. The van der Waals surface area contributed by atoms with E-state index in [2.05, 4.69) is 15.6 Å². The molecule has 3 N–H and O–H groups in total. The molecule has 1 aromatic rings. The zero-order valence-electron chi connectivity index (χ0n) is 7.49. The summed E-state index contributed by atoms with van der Waals surface area (Å²) >= 11 is 0. The van der Waals surface area contributed by atoms with Gasteiger partial charge in [0.2, 0.25) is 0 Å². The van der Waals surface area contributed by atoms with E-state index in [0.717, 1.165) is 12.2 Å². The highest BCUT2D eigenvalue weighted by Crippen LogP contribution is 2.05. The highest BCUT2D eigenvalue weighted by molar-refractivity contribution is 4.98. The molecule has 0 spiro atoms. The summed E-state index contributed by atoms with van der Waals surface area (Å²) in [6.07, 6.45) is 1.90. The van der Waals surface area contributed by atoms with Crippen LogP contribution in [-0.4, -0.2) is 28.1 Å². The first-order valence-electron chi connectivity index (χ1n) is 4.03. The second-order valence-electron chi connectivity index (χ2n) is 2.78. The molecule has 0 amide bonds. The largest absolute Gasteiger partial charge is 0.329 e. The van der Waals surface area contributed by atoms with Gasteiger partial charge in [0.05, 0.1) is 11.7 Å². The zero-order chi connectivity index (χ0) is 8.97. The Labute approximate surface area is 71.9 Å². The summed E-state index contributed by atoms with van der Waals surface area (Å²) in [6.45, 7) is 3.49. The first-order chi connectivity index (χ1) is 5.74. The van der Waals surface area contributed by atoms with Crippen molar-refractivity contribution >= 4 is 0 Å². The maximum atomic E-state index is 5.36. The van der Waals surface area contributed by atoms with Gasteiger partial charge >= 0.3 is 0 Å². The second kappa shape index (κ2) is 4.18. The van der Waals surface area contributed by atoms with Gasteiger partial charge in [0, 0.05) is 26.3 Å². The summed E-state index contributed by atoms with van der Waals surface area (Å²) < 4.78 is 1.69. The fraction of sp³-hybridized carbons (Fsp3) is 0.714. The number of hydrogen-bond acceptors (Lipinski definition) is 4. The van der Waals surface area contributed by atoms with Crippen molar-refractivity contribution in [2.75, 3.05) is 13.1 Å². The minimum Gasteiger partial charge on any atom is -0.329 e. The first-order valence-corrected chi connectivity index (χ1v) is 4.03. The Hall–Kier alpha value is -0.940. The first kappa shape index (κ1) is 9.15. The smallest absolute Gasteiger partial charge is 0.0993 e. The summed E-state index contributed by atoms with van der Waals surface area (Å²) in [5.74, 6) is 0. The average Bonchev–Trinajstić information content (AvgIpc) is 2.47. The molecular formula is C7H15N5. The van der Waals surface area contributed by atoms with Crippen LogP contribution in [0.15, 0.2) is 6.20 Å². The molecule has 0 saturated heterocycles. The Morgan fingerprint density at radius 2 is 2.50 bits per heavy atom. The molecule has 0 bridgehead atoms. The Balaban J connectivity index is 2.47. The van der Waals surface area contributed by atoms with E-state index in [0.29, 0.717) is 6.54 Å². The van der Waals surface area contributed by atoms with E-state index in [9.17, 15) is 0 Å². The number of rotatable bonds is 4. The molecule has 12 heavy (non-hydrogen) atoms. The van der Waals surface area contributed by atoms with Crippen molar-refractivity contribution in [2.45, 2.75) is 13.0 Å². The molecule has 1 aromatic heterocycles. The van der Waals surface area contributed by atoms with Crippen LogP contribution >= 0.6 is 0 Å². The maximum Gasteiger partial charge on any atom is 0.0993 e. The van der Waals surface area contributed by atoms with Gasteiger partial charge in [-0.2, -0.15) is 0 Å². The van der Waals surface area contributed by atoms with Crippen LogP contribution in [-0.2, 0) is 7.05 Å². The summed E-state index contributed by atoms with van der Waals surface area (Å²) in [4.78, 5) is 0. The number of aromatic nitrogens is 3. The molecule has 1 rings (SSSR count). The quantitative estimate of drug-likeness (QED) is 0.633. The SMILES string of the molecule is CC(NCCN)c1cn(C)nn1. The molecule has 0 radical (unpaired) electrons. The lowest BCUT2D eigenvalue weighted by Crippen LogP contribution is -2.25. The molecule has 0 aromatic carbocycles. The van der Waals surface area contributed by atoms with Crippen LogP contribution in [0, 0.1) is 0 Å². The third-order valence-electron chi connectivity index (χ3n) is 1.66. The number of nitrogens with one attached hydrogen (secondary N) is 1. The Kier molecular flexibility index (Phi) is 3.19. The number of aryl methyl sites for hydroxylation is 1. The average molecular weight is 169 g/mol. The maximum absolute atomic E-state index is 5.36. The number of nitrogens with two attached hydrogens (primary N) is 1. The highest BCUT2D eigenvalue weighted by Gasteiger charge is 2.06. The van der Waals surface area contributed by atoms with E-state index < -0.39 is 0 Å². The lowest BCUT2D eigenvalue weighted by molar-refractivity contribution is 0.567. The van der Waals surface area contributed by atoms with Crippen molar-refractivity contribution in [2.24, 2.45) is 12.8 Å². The molecule has 1 atom stereocenters. The molecule has 1 unspecified atom stereocenters. The lowest BCUT2D eigenvalue weighted by atomic mass is 10.2. The predicted molar refractivity (Wildman–Crippen MR) is 46.5 cm³/mol. The Bertz CT molecular complexity index is 231. The van der Waals surface area contributed by atoms with Crippen molar-refractivity contribution in [3.63, 3.8) is 0 Å². The highest BCUT2D eigenvalue weighted by atomic mass is 15.4. The lowest BCUT2D eigenvalue weighted by Gasteiger charge is -2.08. The molecule has 5 nitrogen and oxygen atoms in total. The van der Waals surface area contributed by atoms with Gasteiger partial charge in [-0.1, -0.05) is 5.21 Å². The van der Waals surface area contributed by atoms with Gasteiger partial charge in [-0.25, -0.2) is 0 Å². The van der Waals surface area contributed by atoms with E-state index in [1.54, 1.807) is 4.68 Å². The van der Waals surface area contributed by atoms with Crippen molar-refractivity contribution < 1.29 is 0 Å². The van der Waals surface area contributed by atoms with E-state index in [1.165, 1.54) is 0 Å². The molecule has 68 valence electrons. The zero-order valence-corrected chi connectivity index (χ0v) is 7.49. The molecule has 5 heteroatoms. The molecule has 0 aliphatic heterocycles. The second-order valence-corrected chi connectivity index (χ2v) is 2.78. The van der Waals surface area contributed by atoms with Gasteiger partial charge in [-0.3, -0.25) is 4.68 Å². The third-order valence-corrected chi connectivity index (χ3v) is 1.66. The summed E-state index contributed by atoms with van der Waals surface area (Å²) in [5.41, 5.74) is 6.31. The van der Waals surface area contributed by atoms with E-state index in [-0.39, 0.29) is 6.04 Å². The van der Waals surface area contributed by atoms with Crippen molar-refractivity contribution in [3.8, 4) is 0 Å². The van der Waals surface area contributed by atoms with Crippen LogP contribution in [0.25, 0.3) is 0 Å². The van der Waals surface area contributed by atoms with Crippen molar-refractivity contribution in [1.82, 2.24) is 20.3 Å². The molecule has 0 fully saturated rings. The van der Waals surface area contributed by atoms with E-state index in [1.807, 2.05) is 20.2 Å². The van der Waals surface area contributed by atoms with Gasteiger partial charge < -0.3 is 11.1 Å². The van der Waals surface area contributed by atoms with Gasteiger partial charge in [0.15, 0.2) is 0 Å². The minimum absolute atomic E-state index is 0.224. The fourth-order valence-electron chi connectivity index (χ4n) is 0.968.